The number of rotatable bonds is 1. The second kappa shape index (κ2) is 5.32. The van der Waals surface area contributed by atoms with Crippen molar-refractivity contribution in [2.24, 2.45) is 0 Å². The van der Waals surface area contributed by atoms with Crippen molar-refractivity contribution in [3.05, 3.63) is 28.5 Å². The Bertz CT molecular complexity index is 339. The van der Waals surface area contributed by atoms with E-state index in [1.807, 2.05) is 0 Å². The van der Waals surface area contributed by atoms with E-state index in [9.17, 15) is 17.3 Å². The predicted molar refractivity (Wildman–Crippen MR) is 44.9 cm³/mol. The number of hydrogen-bond donors (Lipinski definition) is 0. The Morgan fingerprint density at radius 2 is 1.71 bits per heavy atom. The molecule has 0 aliphatic carbocycles. The van der Waals surface area contributed by atoms with Crippen LogP contribution in [0.25, 0.3) is 0 Å². The van der Waals surface area contributed by atoms with Gasteiger partial charge in [-0.25, -0.2) is 4.39 Å². The maximum absolute atomic E-state index is 12.7. The van der Waals surface area contributed by atoms with Gasteiger partial charge in [-0.2, -0.15) is 0 Å². The third kappa shape index (κ3) is 3.50. The molecule has 0 radical (unpaired) electrons. The smallest absolute Gasteiger partial charge is 0.445 e. The van der Waals surface area contributed by atoms with E-state index < -0.39 is 18.3 Å². The molecule has 0 aliphatic heterocycles. The van der Waals surface area contributed by atoms with Gasteiger partial charge in [-0.15, -0.1) is 0 Å². The molecule has 14 heavy (non-hydrogen) atoms. The zero-order valence-corrected chi connectivity index (χ0v) is 11.5. The Morgan fingerprint density at radius 3 is 2.14 bits per heavy atom. The van der Waals surface area contributed by atoms with Crippen LogP contribution in [0, 0.1) is 12.7 Å². The molecule has 0 nitrogen and oxygen atoms in total. The summed E-state index contributed by atoms with van der Waals surface area (Å²) in [6.07, 6.45) is 0. The zero-order chi connectivity index (χ0) is 10.2. The summed E-state index contributed by atoms with van der Waals surface area (Å²) >= 11 is 5.44. The van der Waals surface area contributed by atoms with Crippen LogP contribution in [0.3, 0.4) is 0 Å². The van der Waals surface area contributed by atoms with Crippen molar-refractivity contribution < 1.29 is 68.7 Å². The fourth-order valence-corrected chi connectivity index (χ4v) is 1.08. The van der Waals surface area contributed by atoms with Crippen molar-refractivity contribution in [3.8, 4) is 0 Å². The molecule has 0 saturated carbocycles. The summed E-state index contributed by atoms with van der Waals surface area (Å²) in [5, 5.41) is 0.00120. The minimum atomic E-state index is -5.30. The van der Waals surface area contributed by atoms with Gasteiger partial charge in [0, 0.05) is 5.02 Å². The monoisotopic (exact) mass is 250 g/mol. The Morgan fingerprint density at radius 1 is 1.21 bits per heavy atom. The van der Waals surface area contributed by atoms with Crippen LogP contribution in [0.1, 0.15) is 5.56 Å². The van der Waals surface area contributed by atoms with E-state index in [1.54, 1.807) is 0 Å². The molecule has 0 fully saturated rings. The summed E-state index contributed by atoms with van der Waals surface area (Å²) in [5.74, 6) is -1.32. The molecule has 0 N–H and O–H groups in total. The summed E-state index contributed by atoms with van der Waals surface area (Å²) in [7, 11) is 0. The molecule has 0 spiro atoms. The van der Waals surface area contributed by atoms with Gasteiger partial charge in [-0.3, -0.25) is 0 Å². The molecule has 0 unspecified atom stereocenters. The molecule has 0 aromatic heterocycles. The fraction of sp³-hybridized carbons (Fsp3) is 0.143. The van der Waals surface area contributed by atoms with E-state index in [1.165, 1.54) is 6.92 Å². The van der Waals surface area contributed by atoms with Crippen molar-refractivity contribution in [1.82, 2.24) is 0 Å². The molecule has 0 amide bonds. The molecule has 0 saturated heterocycles. The Kier molecular flexibility index (Phi) is 5.67. The third-order valence-corrected chi connectivity index (χ3v) is 2.04. The van der Waals surface area contributed by atoms with Gasteiger partial charge >= 0.3 is 58.4 Å². The van der Waals surface area contributed by atoms with Gasteiger partial charge in [-0.1, -0.05) is 23.1 Å². The van der Waals surface area contributed by atoms with Crippen LogP contribution >= 0.6 is 11.6 Å². The average molecular weight is 250 g/mol. The van der Waals surface area contributed by atoms with Crippen molar-refractivity contribution in [2.75, 3.05) is 0 Å². The predicted octanol–water partition coefficient (Wildman–Crippen LogP) is -0.154. The second-order valence-corrected chi connectivity index (χ2v) is 3.10. The Labute approximate surface area is 126 Å². The van der Waals surface area contributed by atoms with E-state index in [2.05, 4.69) is 0 Å². The summed E-state index contributed by atoms with van der Waals surface area (Å²) in [6.45, 7) is -3.90. The van der Waals surface area contributed by atoms with Gasteiger partial charge in [-0.05, 0) is 18.6 Å². The minimum absolute atomic E-state index is 0. The fourth-order valence-electron chi connectivity index (χ4n) is 0.930. The van der Waals surface area contributed by atoms with E-state index in [4.69, 9.17) is 11.6 Å². The first-order valence-electron chi connectivity index (χ1n) is 3.48. The third-order valence-electron chi connectivity index (χ3n) is 1.63. The van der Waals surface area contributed by atoms with Gasteiger partial charge in [0.1, 0.15) is 0 Å². The van der Waals surface area contributed by atoms with E-state index in [0.717, 1.165) is 6.07 Å². The molecule has 0 aliphatic rings. The van der Waals surface area contributed by atoms with E-state index in [-0.39, 0.29) is 62.0 Å². The van der Waals surface area contributed by atoms with Crippen molar-refractivity contribution in [3.63, 3.8) is 0 Å². The van der Waals surface area contributed by atoms with Crippen molar-refractivity contribution in [1.29, 1.82) is 0 Å². The van der Waals surface area contributed by atoms with Gasteiger partial charge in [0.15, 0.2) is 0 Å². The molecular weight excluding hydrogens is 245 g/mol. The molecular formula is C7H5BClF4K. The largest absolute Gasteiger partial charge is 1.00 e. The van der Waals surface area contributed by atoms with Gasteiger partial charge in [0.2, 0.25) is 0 Å². The van der Waals surface area contributed by atoms with E-state index >= 15 is 0 Å². The zero-order valence-electron chi connectivity index (χ0n) is 7.62. The van der Waals surface area contributed by atoms with Crippen LogP contribution in [0.2, 0.25) is 5.02 Å². The summed E-state index contributed by atoms with van der Waals surface area (Å²) in [4.78, 5) is 0. The summed E-state index contributed by atoms with van der Waals surface area (Å²) in [6, 6.07) is 1.40. The molecule has 1 rings (SSSR count). The van der Waals surface area contributed by atoms with Crippen LogP contribution in [-0.2, 0) is 0 Å². The standard InChI is InChI=1S/C7H5BClF4.K/c1-4-2-5(8(11,12)13)7(10)3-6(4)9;/h2-3H,1H3;/q-1;+1. The summed E-state index contributed by atoms with van der Waals surface area (Å²) in [5.41, 5.74) is -1.00. The molecule has 1 aromatic rings. The number of benzene rings is 1. The second-order valence-electron chi connectivity index (χ2n) is 2.70. The van der Waals surface area contributed by atoms with Gasteiger partial charge in [0.25, 0.3) is 0 Å². The first kappa shape index (κ1) is 14.9. The van der Waals surface area contributed by atoms with Crippen LogP contribution < -0.4 is 56.8 Å². The van der Waals surface area contributed by atoms with Crippen molar-refractivity contribution in [2.45, 2.75) is 6.92 Å². The number of halogens is 5. The molecule has 1 aromatic carbocycles. The normalized spacial score (nSPS) is 11.0. The molecule has 0 heterocycles. The minimum Gasteiger partial charge on any atom is -0.445 e. The first-order valence-corrected chi connectivity index (χ1v) is 3.85. The van der Waals surface area contributed by atoms with Crippen LogP contribution in [0.4, 0.5) is 17.3 Å². The number of aryl methyl sites for hydroxylation is 1. The number of hydrogen-bond acceptors (Lipinski definition) is 0. The Hall–Kier alpha value is 0.931. The molecule has 7 heteroatoms. The average Bonchev–Trinajstić information content (AvgIpc) is 1.94. The van der Waals surface area contributed by atoms with E-state index in [0.29, 0.717) is 6.07 Å². The topological polar surface area (TPSA) is 0 Å². The Balaban J connectivity index is 0.00000169. The maximum atomic E-state index is 12.7. The summed E-state index contributed by atoms with van der Waals surface area (Å²) < 4.78 is 49.2. The molecule has 0 bridgehead atoms. The van der Waals surface area contributed by atoms with Crippen LogP contribution in [0.5, 0.6) is 0 Å². The first-order chi connectivity index (χ1) is 5.82. The van der Waals surface area contributed by atoms with Gasteiger partial charge in [0.05, 0.1) is 5.82 Å². The molecule has 72 valence electrons. The van der Waals surface area contributed by atoms with Crippen LogP contribution in [-0.4, -0.2) is 6.98 Å². The maximum Gasteiger partial charge on any atom is 1.00 e. The quantitative estimate of drug-likeness (QED) is 0.480. The molecule has 0 atom stereocenters. The van der Waals surface area contributed by atoms with Gasteiger partial charge < -0.3 is 12.9 Å². The van der Waals surface area contributed by atoms with Crippen LogP contribution in [0.15, 0.2) is 12.1 Å². The van der Waals surface area contributed by atoms with Crippen molar-refractivity contribution >= 4 is 24.0 Å². The SMILES string of the molecule is Cc1cc([B-](F)(F)F)c(F)cc1Cl.[K+].